The fourth-order valence-electron chi connectivity index (χ4n) is 0.656. The maximum atomic E-state index is 12.4. The highest BCUT2D eigenvalue weighted by Crippen LogP contribution is 2.14. The van der Waals surface area contributed by atoms with E-state index in [1.54, 1.807) is 0 Å². The second-order valence-corrected chi connectivity index (χ2v) is 1.99. The number of hydrogen-bond donors (Lipinski definition) is 0. The molecule has 0 aromatic rings. The Labute approximate surface area is 61.4 Å². The molecule has 54 valence electrons. The molecule has 0 saturated carbocycles. The fourth-order valence-corrected chi connectivity index (χ4v) is 0.656. The van der Waals surface area contributed by atoms with Crippen molar-refractivity contribution in [1.82, 2.24) is 0 Å². The van der Waals surface area contributed by atoms with Crippen molar-refractivity contribution < 1.29 is 4.39 Å². The molecule has 0 amide bonds. The van der Waals surface area contributed by atoms with Gasteiger partial charge in [-0.25, -0.2) is 4.39 Å². The van der Waals surface area contributed by atoms with E-state index < -0.39 is 5.83 Å². The molecule has 0 aromatic heterocycles. The van der Waals surface area contributed by atoms with Crippen LogP contribution in [-0.4, -0.2) is 0 Å². The lowest BCUT2D eigenvalue weighted by atomic mass is 10.1. The molecular weight excluding hydrogens is 127 g/mol. The van der Waals surface area contributed by atoms with Gasteiger partial charge in [-0.1, -0.05) is 25.8 Å². The first-order valence-electron chi connectivity index (χ1n) is 3.22. The van der Waals surface area contributed by atoms with Gasteiger partial charge >= 0.3 is 0 Å². The molecule has 0 nitrogen and oxygen atoms in total. The zero-order valence-corrected chi connectivity index (χ0v) is 6.15. The van der Waals surface area contributed by atoms with E-state index in [9.17, 15) is 4.39 Å². The summed E-state index contributed by atoms with van der Waals surface area (Å²) in [4.78, 5) is 0. The molecule has 0 bridgehead atoms. The average molecular weight is 138 g/mol. The zero-order valence-electron chi connectivity index (χ0n) is 6.15. The van der Waals surface area contributed by atoms with E-state index in [-0.39, 0.29) is 0 Å². The third-order valence-corrected chi connectivity index (χ3v) is 1.13. The van der Waals surface area contributed by atoms with Crippen LogP contribution < -0.4 is 0 Å². The molecule has 0 spiro atoms. The van der Waals surface area contributed by atoms with Crippen LogP contribution in [-0.2, 0) is 0 Å². The van der Waals surface area contributed by atoms with Crippen molar-refractivity contribution in [2.24, 2.45) is 0 Å². The smallest absolute Gasteiger partial charge is 0.119 e. The first-order valence-corrected chi connectivity index (χ1v) is 3.22. The Bertz CT molecular complexity index is 181. The third-order valence-electron chi connectivity index (χ3n) is 1.13. The molecule has 0 aromatic carbocycles. The van der Waals surface area contributed by atoms with Crippen molar-refractivity contribution in [1.29, 1.82) is 0 Å². The summed E-state index contributed by atoms with van der Waals surface area (Å²) in [7, 11) is 0. The highest BCUT2D eigenvalue weighted by Gasteiger charge is 1.97. The van der Waals surface area contributed by atoms with Gasteiger partial charge in [0.1, 0.15) is 5.83 Å². The maximum Gasteiger partial charge on any atom is 0.119 e. The van der Waals surface area contributed by atoms with E-state index in [4.69, 9.17) is 6.42 Å². The number of rotatable bonds is 3. The minimum atomic E-state index is -0.417. The van der Waals surface area contributed by atoms with E-state index in [2.05, 4.69) is 12.5 Å². The van der Waals surface area contributed by atoms with Crippen molar-refractivity contribution >= 4 is 0 Å². The lowest BCUT2D eigenvalue weighted by molar-refractivity contribution is 0.640. The lowest BCUT2D eigenvalue weighted by Gasteiger charge is -1.97. The molecule has 0 aliphatic carbocycles. The minimum Gasteiger partial charge on any atom is -0.207 e. The van der Waals surface area contributed by atoms with Crippen LogP contribution in [0, 0.1) is 12.3 Å². The van der Waals surface area contributed by atoms with Crippen LogP contribution in [0.15, 0.2) is 24.1 Å². The second-order valence-electron chi connectivity index (χ2n) is 1.99. The Balaban J connectivity index is 4.15. The number of terminal acetylenes is 1. The Morgan fingerprint density at radius 1 is 1.80 bits per heavy atom. The van der Waals surface area contributed by atoms with Crippen LogP contribution in [0.25, 0.3) is 0 Å². The van der Waals surface area contributed by atoms with Crippen molar-refractivity contribution in [3.63, 3.8) is 0 Å². The van der Waals surface area contributed by atoms with Crippen molar-refractivity contribution in [3.05, 3.63) is 24.1 Å². The molecule has 0 fully saturated rings. The third kappa shape index (κ3) is 3.09. The summed E-state index contributed by atoms with van der Waals surface area (Å²) in [5.74, 6) is 1.85. The van der Waals surface area contributed by atoms with Crippen LogP contribution in [0.1, 0.15) is 19.8 Å². The highest BCUT2D eigenvalue weighted by atomic mass is 19.1. The van der Waals surface area contributed by atoms with Gasteiger partial charge in [0.15, 0.2) is 0 Å². The van der Waals surface area contributed by atoms with Gasteiger partial charge in [0.05, 0.1) is 0 Å². The standard InChI is InChI=1S/C9H11F/c1-4-6-9(7-5-2)8(3)10/h1,6H,3,5,7H2,2H3/b9-6-. The summed E-state index contributed by atoms with van der Waals surface area (Å²) >= 11 is 0. The molecular formula is C9H11F. The summed E-state index contributed by atoms with van der Waals surface area (Å²) in [6.45, 7) is 5.13. The Kier molecular flexibility index (Phi) is 4.32. The van der Waals surface area contributed by atoms with Crippen LogP contribution in [0.5, 0.6) is 0 Å². The van der Waals surface area contributed by atoms with Crippen molar-refractivity contribution in [2.75, 3.05) is 0 Å². The van der Waals surface area contributed by atoms with Gasteiger partial charge in [-0.15, -0.1) is 6.42 Å². The van der Waals surface area contributed by atoms with E-state index in [1.165, 1.54) is 6.08 Å². The Morgan fingerprint density at radius 3 is 2.70 bits per heavy atom. The first kappa shape index (κ1) is 8.97. The molecule has 1 heteroatoms. The normalized spacial score (nSPS) is 10.7. The van der Waals surface area contributed by atoms with Crippen LogP contribution in [0.4, 0.5) is 4.39 Å². The molecule has 10 heavy (non-hydrogen) atoms. The quantitative estimate of drug-likeness (QED) is 0.415. The molecule has 0 aliphatic rings. The van der Waals surface area contributed by atoms with Gasteiger partial charge in [0.25, 0.3) is 0 Å². The maximum absolute atomic E-state index is 12.4. The fraction of sp³-hybridized carbons (Fsp3) is 0.333. The van der Waals surface area contributed by atoms with Crippen LogP contribution in [0.2, 0.25) is 0 Å². The summed E-state index contributed by atoms with van der Waals surface area (Å²) in [6, 6.07) is 0. The molecule has 0 atom stereocenters. The molecule has 0 aliphatic heterocycles. The average Bonchev–Trinajstić information content (AvgIpc) is 1.87. The van der Waals surface area contributed by atoms with Gasteiger partial charge in [-0.05, 0) is 18.1 Å². The zero-order chi connectivity index (χ0) is 7.98. The lowest BCUT2D eigenvalue weighted by Crippen LogP contribution is -1.81. The van der Waals surface area contributed by atoms with Crippen molar-refractivity contribution in [2.45, 2.75) is 19.8 Å². The van der Waals surface area contributed by atoms with E-state index in [0.717, 1.165) is 6.42 Å². The van der Waals surface area contributed by atoms with Crippen LogP contribution >= 0.6 is 0 Å². The summed E-state index contributed by atoms with van der Waals surface area (Å²) in [6.07, 6.45) is 7.94. The molecule has 0 heterocycles. The van der Waals surface area contributed by atoms with Gasteiger partial charge in [-0.2, -0.15) is 0 Å². The molecule has 0 radical (unpaired) electrons. The number of halogens is 1. The predicted octanol–water partition coefficient (Wildman–Crippen LogP) is 2.83. The summed E-state index contributed by atoms with van der Waals surface area (Å²) in [5.41, 5.74) is 0.532. The summed E-state index contributed by atoms with van der Waals surface area (Å²) < 4.78 is 12.4. The largest absolute Gasteiger partial charge is 0.207 e. The first-order chi connectivity index (χ1) is 4.72. The van der Waals surface area contributed by atoms with E-state index >= 15 is 0 Å². The monoisotopic (exact) mass is 138 g/mol. The topological polar surface area (TPSA) is 0 Å². The predicted molar refractivity (Wildman–Crippen MR) is 42.1 cm³/mol. The van der Waals surface area contributed by atoms with Gasteiger partial charge in [0.2, 0.25) is 0 Å². The van der Waals surface area contributed by atoms with Crippen molar-refractivity contribution in [3.8, 4) is 12.3 Å². The molecule has 0 N–H and O–H groups in total. The number of hydrogen-bond acceptors (Lipinski definition) is 0. The minimum absolute atomic E-state index is 0.417. The Morgan fingerprint density at radius 2 is 2.40 bits per heavy atom. The number of allylic oxidation sites excluding steroid dienone is 3. The van der Waals surface area contributed by atoms with Gasteiger partial charge in [-0.3, -0.25) is 0 Å². The second kappa shape index (κ2) is 4.81. The SMILES string of the molecule is C#C/C=C(/CCC)C(=C)F. The highest BCUT2D eigenvalue weighted by molar-refractivity contribution is 5.29. The molecule has 0 unspecified atom stereocenters. The Hall–Kier alpha value is -1.03. The molecule has 0 saturated heterocycles. The van der Waals surface area contributed by atoms with E-state index in [0.29, 0.717) is 12.0 Å². The van der Waals surface area contributed by atoms with Crippen LogP contribution in [0.3, 0.4) is 0 Å². The van der Waals surface area contributed by atoms with Gasteiger partial charge < -0.3 is 0 Å². The van der Waals surface area contributed by atoms with Gasteiger partial charge in [0, 0.05) is 0 Å². The summed E-state index contributed by atoms with van der Waals surface area (Å²) in [5, 5.41) is 0. The molecule has 0 rings (SSSR count). The van der Waals surface area contributed by atoms with E-state index in [1.807, 2.05) is 6.92 Å².